The van der Waals surface area contributed by atoms with Gasteiger partial charge < -0.3 is 10.2 Å². The van der Waals surface area contributed by atoms with E-state index >= 15 is 0 Å². The van der Waals surface area contributed by atoms with Crippen LogP contribution in [0, 0.1) is 0 Å². The number of rotatable bonds is 4. The summed E-state index contributed by atoms with van der Waals surface area (Å²) in [6, 6.07) is 4.27. The lowest BCUT2D eigenvalue weighted by Gasteiger charge is -2.41. The quantitative estimate of drug-likeness (QED) is 0.859. The Kier molecular flexibility index (Phi) is 5.06. The minimum atomic E-state index is -0.231. The molecule has 0 radical (unpaired) electrons. The van der Waals surface area contributed by atoms with Crippen LogP contribution in [0.2, 0.25) is 5.15 Å². The van der Waals surface area contributed by atoms with Gasteiger partial charge in [-0.25, -0.2) is 9.78 Å². The number of halogens is 1. The number of aromatic nitrogens is 3. The van der Waals surface area contributed by atoms with Gasteiger partial charge in [-0.1, -0.05) is 25.4 Å². The molecular formula is C17H24ClN5O. The molecule has 0 spiro atoms. The van der Waals surface area contributed by atoms with Crippen LogP contribution in [0.1, 0.15) is 33.6 Å². The van der Waals surface area contributed by atoms with E-state index in [-0.39, 0.29) is 5.69 Å². The van der Waals surface area contributed by atoms with Gasteiger partial charge in [-0.2, -0.15) is 4.98 Å². The van der Waals surface area contributed by atoms with Crippen molar-refractivity contribution in [3.8, 4) is 0 Å². The van der Waals surface area contributed by atoms with Crippen LogP contribution in [0.4, 0.5) is 5.82 Å². The molecule has 6 nitrogen and oxygen atoms in total. The molecule has 1 N–H and O–H groups in total. The summed E-state index contributed by atoms with van der Waals surface area (Å²) < 4.78 is 1.64. The second-order valence-electron chi connectivity index (χ2n) is 6.19. The van der Waals surface area contributed by atoms with Crippen LogP contribution in [-0.4, -0.2) is 39.7 Å². The molecule has 1 aliphatic heterocycles. The Morgan fingerprint density at radius 3 is 2.71 bits per heavy atom. The summed E-state index contributed by atoms with van der Waals surface area (Å²) in [6.07, 6.45) is 2.01. The zero-order valence-electron chi connectivity index (χ0n) is 14.4. The number of aryl methyl sites for hydroxylation is 1. The van der Waals surface area contributed by atoms with Crippen molar-refractivity contribution in [2.45, 2.75) is 52.2 Å². The smallest absolute Gasteiger partial charge is 0.349 e. The fourth-order valence-corrected chi connectivity index (χ4v) is 3.53. The summed E-state index contributed by atoms with van der Waals surface area (Å²) in [5, 5.41) is 3.99. The van der Waals surface area contributed by atoms with Crippen LogP contribution in [0.3, 0.4) is 0 Å². The van der Waals surface area contributed by atoms with Gasteiger partial charge in [0.25, 0.3) is 0 Å². The average molecular weight is 350 g/mol. The number of anilines is 1. The predicted molar refractivity (Wildman–Crippen MR) is 98.0 cm³/mol. The van der Waals surface area contributed by atoms with E-state index in [0.29, 0.717) is 35.1 Å². The van der Waals surface area contributed by atoms with Gasteiger partial charge in [-0.3, -0.25) is 4.57 Å². The maximum atomic E-state index is 12.5. The Morgan fingerprint density at radius 2 is 2.04 bits per heavy atom. The Morgan fingerprint density at radius 1 is 1.25 bits per heavy atom. The number of hydrogen-bond donors (Lipinski definition) is 1. The highest BCUT2D eigenvalue weighted by Gasteiger charge is 2.29. The fraction of sp³-hybridized carbons (Fsp3) is 0.588. The van der Waals surface area contributed by atoms with Gasteiger partial charge in [0, 0.05) is 31.7 Å². The summed E-state index contributed by atoms with van der Waals surface area (Å²) in [7, 11) is 0. The zero-order valence-corrected chi connectivity index (χ0v) is 15.2. The predicted octanol–water partition coefficient (Wildman–Crippen LogP) is 2.43. The van der Waals surface area contributed by atoms with Crippen LogP contribution in [0.15, 0.2) is 16.9 Å². The fourth-order valence-electron chi connectivity index (χ4n) is 3.38. The SMILES string of the molecule is CC[C@@H]1CN(c2nc(=O)n(CC)c3ccc(Cl)nc23)[C@@H](CC)CN1. The standard InChI is InChI=1S/C17H24ClN5O/c1-4-11-10-23(12(5-2)9-19-11)16-15-13(7-8-14(18)20-15)22(6-3)17(24)21-16/h7-8,11-12,19H,4-6,9-10H2,1-3H3/t11-,12+/m1/s1. The molecule has 130 valence electrons. The van der Waals surface area contributed by atoms with Crippen LogP contribution in [0.25, 0.3) is 11.0 Å². The number of hydrogen-bond acceptors (Lipinski definition) is 5. The summed E-state index contributed by atoms with van der Waals surface area (Å²) >= 11 is 6.13. The van der Waals surface area contributed by atoms with Crippen LogP contribution in [0.5, 0.6) is 0 Å². The van der Waals surface area contributed by atoms with E-state index < -0.39 is 0 Å². The van der Waals surface area contributed by atoms with E-state index in [2.05, 4.69) is 34.0 Å². The first-order valence-electron chi connectivity index (χ1n) is 8.66. The highest BCUT2D eigenvalue weighted by Crippen LogP contribution is 2.27. The molecule has 0 amide bonds. The third kappa shape index (κ3) is 3.00. The molecule has 0 saturated carbocycles. The topological polar surface area (TPSA) is 63.1 Å². The van der Waals surface area contributed by atoms with Gasteiger partial charge in [-0.05, 0) is 31.9 Å². The third-order valence-electron chi connectivity index (χ3n) is 4.83. The Balaban J connectivity index is 2.20. The minimum Gasteiger partial charge on any atom is -0.349 e. The first-order chi connectivity index (χ1) is 11.6. The van der Waals surface area contributed by atoms with E-state index in [0.717, 1.165) is 31.4 Å². The Bertz CT molecular complexity index is 790. The van der Waals surface area contributed by atoms with Crippen molar-refractivity contribution in [3.63, 3.8) is 0 Å². The summed E-state index contributed by atoms with van der Waals surface area (Å²) in [4.78, 5) is 23.6. The molecular weight excluding hydrogens is 326 g/mol. The molecule has 0 bridgehead atoms. The molecule has 1 aliphatic rings. The molecule has 2 atom stereocenters. The van der Waals surface area contributed by atoms with Crippen LogP contribution < -0.4 is 15.9 Å². The number of pyridine rings is 1. The molecule has 24 heavy (non-hydrogen) atoms. The Hall–Kier alpha value is -1.66. The zero-order chi connectivity index (χ0) is 17.3. The van der Waals surface area contributed by atoms with Gasteiger partial charge in [0.2, 0.25) is 0 Å². The first-order valence-corrected chi connectivity index (χ1v) is 9.03. The molecule has 1 fully saturated rings. The van der Waals surface area contributed by atoms with Crippen molar-refractivity contribution in [2.24, 2.45) is 0 Å². The highest BCUT2D eigenvalue weighted by atomic mass is 35.5. The largest absolute Gasteiger partial charge is 0.350 e. The van der Waals surface area contributed by atoms with E-state index in [1.165, 1.54) is 0 Å². The van der Waals surface area contributed by atoms with Crippen molar-refractivity contribution in [2.75, 3.05) is 18.0 Å². The van der Waals surface area contributed by atoms with Crippen molar-refractivity contribution in [3.05, 3.63) is 27.8 Å². The van der Waals surface area contributed by atoms with E-state index in [1.807, 2.05) is 13.0 Å². The third-order valence-corrected chi connectivity index (χ3v) is 5.04. The molecule has 0 unspecified atom stereocenters. The van der Waals surface area contributed by atoms with Crippen molar-refractivity contribution >= 4 is 28.5 Å². The molecule has 2 aromatic heterocycles. The molecule has 1 saturated heterocycles. The van der Waals surface area contributed by atoms with E-state index in [4.69, 9.17) is 11.6 Å². The molecule has 2 aromatic rings. The van der Waals surface area contributed by atoms with Crippen LogP contribution >= 0.6 is 11.6 Å². The minimum absolute atomic E-state index is 0.231. The number of piperazine rings is 1. The summed E-state index contributed by atoms with van der Waals surface area (Å²) in [6.45, 7) is 8.52. The molecule has 3 rings (SSSR count). The van der Waals surface area contributed by atoms with Crippen molar-refractivity contribution < 1.29 is 0 Å². The number of nitrogens with one attached hydrogen (secondary N) is 1. The van der Waals surface area contributed by atoms with E-state index in [9.17, 15) is 4.79 Å². The van der Waals surface area contributed by atoms with Gasteiger partial charge >= 0.3 is 5.69 Å². The molecule has 0 aromatic carbocycles. The van der Waals surface area contributed by atoms with Gasteiger partial charge in [0.1, 0.15) is 10.7 Å². The maximum Gasteiger partial charge on any atom is 0.350 e. The van der Waals surface area contributed by atoms with Crippen molar-refractivity contribution in [1.82, 2.24) is 19.9 Å². The monoisotopic (exact) mass is 349 g/mol. The maximum absolute atomic E-state index is 12.5. The summed E-state index contributed by atoms with van der Waals surface area (Å²) in [5.41, 5.74) is 1.27. The second kappa shape index (κ2) is 7.07. The lowest BCUT2D eigenvalue weighted by molar-refractivity contribution is 0.377. The average Bonchev–Trinajstić information content (AvgIpc) is 2.60. The van der Waals surface area contributed by atoms with Gasteiger partial charge in [0.05, 0.1) is 5.52 Å². The van der Waals surface area contributed by atoms with Gasteiger partial charge in [-0.15, -0.1) is 0 Å². The molecule has 3 heterocycles. The normalized spacial score (nSPS) is 21.4. The summed E-state index contributed by atoms with van der Waals surface area (Å²) in [5.74, 6) is 0.661. The number of nitrogens with zero attached hydrogens (tertiary/aromatic N) is 4. The lowest BCUT2D eigenvalue weighted by Crippen LogP contribution is -2.57. The second-order valence-corrected chi connectivity index (χ2v) is 6.58. The van der Waals surface area contributed by atoms with Crippen molar-refractivity contribution in [1.29, 1.82) is 0 Å². The number of fused-ring (bicyclic) bond motifs is 1. The van der Waals surface area contributed by atoms with E-state index in [1.54, 1.807) is 10.6 Å². The highest BCUT2D eigenvalue weighted by molar-refractivity contribution is 6.29. The molecule has 0 aliphatic carbocycles. The molecule has 7 heteroatoms. The van der Waals surface area contributed by atoms with Gasteiger partial charge in [0.15, 0.2) is 5.82 Å². The lowest BCUT2D eigenvalue weighted by atomic mass is 10.0. The first kappa shape index (κ1) is 17.2. The van der Waals surface area contributed by atoms with Crippen LogP contribution in [-0.2, 0) is 6.54 Å². The Labute approximate surface area is 146 Å².